The van der Waals surface area contributed by atoms with Gasteiger partial charge in [0.05, 0.1) is 33.0 Å². The van der Waals surface area contributed by atoms with Crippen LogP contribution in [-0.4, -0.2) is 63.2 Å². The molecule has 2 aliphatic rings. The monoisotopic (exact) mass is 385 g/mol. The van der Waals surface area contributed by atoms with Gasteiger partial charge in [-0.2, -0.15) is 0 Å². The van der Waals surface area contributed by atoms with E-state index in [9.17, 15) is 9.59 Å². The molecule has 0 aromatic carbocycles. The second-order valence-electron chi connectivity index (χ2n) is 8.11. The van der Waals surface area contributed by atoms with E-state index < -0.39 is 5.97 Å². The Morgan fingerprint density at radius 3 is 2.11 bits per heavy atom. The number of carbonyl (C=O) groups is 2. The summed E-state index contributed by atoms with van der Waals surface area (Å²) >= 11 is 0. The zero-order valence-corrected chi connectivity index (χ0v) is 16.5. The summed E-state index contributed by atoms with van der Waals surface area (Å²) in [4.78, 5) is 22.4. The van der Waals surface area contributed by atoms with Gasteiger partial charge in [-0.15, -0.1) is 0 Å². The Kier molecular flexibility index (Phi) is 10.1. The van der Waals surface area contributed by atoms with E-state index in [4.69, 9.17) is 19.3 Å². The van der Waals surface area contributed by atoms with E-state index in [1.165, 1.54) is 32.1 Å². The Labute approximate surface area is 162 Å². The van der Waals surface area contributed by atoms with Crippen LogP contribution in [0.2, 0.25) is 0 Å². The van der Waals surface area contributed by atoms with Gasteiger partial charge in [-0.25, -0.2) is 4.79 Å². The molecule has 2 aliphatic carbocycles. The van der Waals surface area contributed by atoms with Crippen molar-refractivity contribution in [2.45, 2.75) is 45.4 Å². The minimum absolute atomic E-state index is 0.142. The maximum Gasteiger partial charge on any atom is 0.329 e. The molecule has 2 saturated carbocycles. The van der Waals surface area contributed by atoms with Crippen molar-refractivity contribution >= 4 is 11.9 Å². The number of fused-ring (bicyclic) bond motifs is 2. The zero-order valence-electron chi connectivity index (χ0n) is 16.5. The summed E-state index contributed by atoms with van der Waals surface area (Å²) in [6.45, 7) is 4.52. The summed E-state index contributed by atoms with van der Waals surface area (Å²) in [5.41, 5.74) is 0. The lowest BCUT2D eigenvalue weighted by molar-refractivity contribution is -0.142. The van der Waals surface area contributed by atoms with E-state index in [-0.39, 0.29) is 19.1 Å². The van der Waals surface area contributed by atoms with Gasteiger partial charge in [0.1, 0.15) is 6.61 Å². The molecule has 156 valence electrons. The van der Waals surface area contributed by atoms with E-state index in [2.05, 4.69) is 12.2 Å². The van der Waals surface area contributed by atoms with E-state index in [1.54, 1.807) is 0 Å². The number of rotatable bonds is 13. The van der Waals surface area contributed by atoms with Gasteiger partial charge < -0.3 is 24.6 Å². The summed E-state index contributed by atoms with van der Waals surface area (Å²) in [6, 6.07) is 0. The van der Waals surface area contributed by atoms with Gasteiger partial charge >= 0.3 is 5.97 Å². The maximum atomic E-state index is 12.1. The van der Waals surface area contributed by atoms with Crippen LogP contribution in [0.1, 0.15) is 45.4 Å². The summed E-state index contributed by atoms with van der Waals surface area (Å²) in [5.74, 6) is 2.25. The van der Waals surface area contributed by atoms with Gasteiger partial charge in [0.25, 0.3) is 0 Å². The lowest BCUT2D eigenvalue weighted by Gasteiger charge is -2.41. The number of carbonyl (C=O) groups excluding carboxylic acids is 1. The molecule has 2 bridgehead atoms. The van der Waals surface area contributed by atoms with Gasteiger partial charge in [-0.05, 0) is 55.8 Å². The normalized spacial score (nSPS) is 27.3. The molecule has 0 saturated heterocycles. The first-order chi connectivity index (χ1) is 13.0. The first kappa shape index (κ1) is 22.1. The summed E-state index contributed by atoms with van der Waals surface area (Å²) in [7, 11) is 0. The quantitative estimate of drug-likeness (QED) is 0.472. The van der Waals surface area contributed by atoms with Gasteiger partial charge in [-0.1, -0.05) is 6.92 Å². The Balaban J connectivity index is 1.40. The van der Waals surface area contributed by atoms with Crippen LogP contribution < -0.4 is 5.32 Å². The van der Waals surface area contributed by atoms with E-state index in [1.807, 2.05) is 0 Å². The van der Waals surface area contributed by atoms with Crippen LogP contribution in [-0.2, 0) is 23.8 Å². The van der Waals surface area contributed by atoms with E-state index >= 15 is 0 Å². The van der Waals surface area contributed by atoms with Crippen LogP contribution in [0, 0.1) is 23.7 Å². The molecule has 2 fully saturated rings. The minimum atomic E-state index is -0.985. The molecule has 1 amide bonds. The standard InChI is InChI=1S/C20H35NO6/c1-15-8-16-10-17(9-15)12-18(11-16)13-19(22)21-2-3-25-4-5-26-6-7-27-14-20(23)24/h15-18H,2-14H2,1H3,(H,21,22)(H,23,24). The fraction of sp³-hybridized carbons (Fsp3) is 0.900. The van der Waals surface area contributed by atoms with Crippen molar-refractivity contribution in [1.29, 1.82) is 0 Å². The molecule has 0 radical (unpaired) electrons. The fourth-order valence-electron chi connectivity index (χ4n) is 4.69. The largest absolute Gasteiger partial charge is 0.480 e. The molecular weight excluding hydrogens is 350 g/mol. The molecule has 7 nitrogen and oxygen atoms in total. The molecule has 2 atom stereocenters. The molecule has 0 spiro atoms. The molecule has 2 rings (SSSR count). The first-order valence-electron chi connectivity index (χ1n) is 10.2. The second kappa shape index (κ2) is 12.3. The Bertz CT molecular complexity index is 440. The van der Waals surface area contributed by atoms with Gasteiger partial charge in [-0.3, -0.25) is 4.79 Å². The Morgan fingerprint density at radius 1 is 0.889 bits per heavy atom. The van der Waals surface area contributed by atoms with Crippen molar-refractivity contribution in [3.63, 3.8) is 0 Å². The molecule has 0 aromatic rings. The van der Waals surface area contributed by atoms with Crippen LogP contribution in [0.15, 0.2) is 0 Å². The summed E-state index contributed by atoms with van der Waals surface area (Å²) in [5, 5.41) is 11.4. The van der Waals surface area contributed by atoms with Crippen molar-refractivity contribution in [1.82, 2.24) is 5.32 Å². The average Bonchev–Trinajstić information content (AvgIpc) is 2.58. The SMILES string of the molecule is CC1CC2CC(CC(=O)NCCOCCOCCOCC(=O)O)CC(C1)C2. The van der Waals surface area contributed by atoms with E-state index in [0.717, 1.165) is 17.8 Å². The molecule has 2 N–H and O–H groups in total. The van der Waals surface area contributed by atoms with Crippen LogP contribution in [0.3, 0.4) is 0 Å². The lowest BCUT2D eigenvalue weighted by Crippen LogP contribution is -2.34. The van der Waals surface area contributed by atoms with Crippen LogP contribution in [0.4, 0.5) is 0 Å². The third-order valence-electron chi connectivity index (χ3n) is 5.48. The smallest absolute Gasteiger partial charge is 0.329 e. The molecule has 0 aliphatic heterocycles. The van der Waals surface area contributed by atoms with Crippen LogP contribution in [0.25, 0.3) is 0 Å². The first-order valence-corrected chi connectivity index (χ1v) is 10.2. The van der Waals surface area contributed by atoms with Gasteiger partial charge in [0.15, 0.2) is 0 Å². The number of carboxylic acids is 1. The molecule has 27 heavy (non-hydrogen) atoms. The number of hydrogen-bond donors (Lipinski definition) is 2. The number of nitrogens with one attached hydrogen (secondary N) is 1. The highest BCUT2D eigenvalue weighted by atomic mass is 16.5. The number of ether oxygens (including phenoxy) is 3. The number of amides is 1. The van der Waals surface area contributed by atoms with Gasteiger partial charge in [0.2, 0.25) is 5.91 Å². The lowest BCUT2D eigenvalue weighted by atomic mass is 9.64. The van der Waals surface area contributed by atoms with Crippen molar-refractivity contribution in [2.24, 2.45) is 23.7 Å². The highest BCUT2D eigenvalue weighted by Gasteiger charge is 2.35. The molecule has 2 unspecified atom stereocenters. The predicted octanol–water partition coefficient (Wildman–Crippen LogP) is 2.09. The van der Waals surface area contributed by atoms with Crippen molar-refractivity contribution in [3.05, 3.63) is 0 Å². The van der Waals surface area contributed by atoms with Crippen LogP contribution in [0.5, 0.6) is 0 Å². The molecule has 7 heteroatoms. The molecule has 0 aromatic heterocycles. The third-order valence-corrected chi connectivity index (χ3v) is 5.48. The third kappa shape index (κ3) is 9.53. The average molecular weight is 386 g/mol. The topological polar surface area (TPSA) is 94.1 Å². The van der Waals surface area contributed by atoms with Crippen molar-refractivity contribution in [2.75, 3.05) is 46.2 Å². The Morgan fingerprint density at radius 2 is 1.48 bits per heavy atom. The van der Waals surface area contributed by atoms with Gasteiger partial charge in [0, 0.05) is 13.0 Å². The number of aliphatic carboxylic acids is 1. The predicted molar refractivity (Wildman–Crippen MR) is 100 cm³/mol. The minimum Gasteiger partial charge on any atom is -0.480 e. The zero-order chi connectivity index (χ0) is 19.5. The summed E-state index contributed by atoms with van der Waals surface area (Å²) < 4.78 is 15.5. The van der Waals surface area contributed by atoms with Crippen molar-refractivity contribution < 1.29 is 28.9 Å². The van der Waals surface area contributed by atoms with E-state index in [0.29, 0.717) is 45.3 Å². The molecule has 0 heterocycles. The second-order valence-corrected chi connectivity index (χ2v) is 8.11. The number of hydrogen-bond acceptors (Lipinski definition) is 5. The summed E-state index contributed by atoms with van der Waals surface area (Å²) in [6.07, 6.45) is 7.16. The highest BCUT2D eigenvalue weighted by molar-refractivity contribution is 5.76. The molecular formula is C20H35NO6. The highest BCUT2D eigenvalue weighted by Crippen LogP contribution is 2.45. The Hall–Kier alpha value is -1.18. The maximum absolute atomic E-state index is 12.1. The van der Waals surface area contributed by atoms with Crippen LogP contribution >= 0.6 is 0 Å². The fourth-order valence-corrected chi connectivity index (χ4v) is 4.69. The number of carboxylic acid groups (broad SMARTS) is 1. The van der Waals surface area contributed by atoms with Crippen molar-refractivity contribution in [3.8, 4) is 0 Å².